The smallest absolute Gasteiger partial charge is 0.238 e. The van der Waals surface area contributed by atoms with Crippen LogP contribution in [-0.2, 0) is 20.9 Å². The summed E-state index contributed by atoms with van der Waals surface area (Å²) in [5, 5.41) is 9.33. The minimum Gasteiger partial charge on any atom is -0.489 e. The molecule has 3 aliphatic rings. The van der Waals surface area contributed by atoms with Crippen LogP contribution >= 0.6 is 0 Å². The van der Waals surface area contributed by atoms with Crippen molar-refractivity contribution >= 4 is 23.6 Å². The number of fused-ring (bicyclic) bond motifs is 3. The highest BCUT2D eigenvalue weighted by atomic mass is 16.5. The van der Waals surface area contributed by atoms with E-state index in [2.05, 4.69) is 6.92 Å². The fraction of sp³-hybridized carbons (Fsp3) is 0.353. The lowest BCUT2D eigenvalue weighted by Crippen LogP contribution is -2.35. The third-order valence-electron chi connectivity index (χ3n) is 8.55. The van der Waals surface area contributed by atoms with Crippen LogP contribution in [0.3, 0.4) is 0 Å². The Hall–Kier alpha value is -3.94. The molecular formula is C34H35NO6. The molecule has 41 heavy (non-hydrogen) atoms. The molecule has 6 rings (SSSR count). The number of amides is 2. The quantitative estimate of drug-likeness (QED) is 0.247. The molecule has 7 heteroatoms. The average molecular weight is 554 g/mol. The van der Waals surface area contributed by atoms with E-state index < -0.39 is 11.8 Å². The first kappa shape index (κ1) is 27.2. The van der Waals surface area contributed by atoms with Crippen LogP contribution in [0.15, 0.2) is 93.9 Å². The summed E-state index contributed by atoms with van der Waals surface area (Å²) in [6.07, 6.45) is 4.80. The zero-order valence-electron chi connectivity index (χ0n) is 23.2. The number of para-hydroxylation sites is 2. The van der Waals surface area contributed by atoms with Gasteiger partial charge in [-0.05, 0) is 79.3 Å². The second-order valence-corrected chi connectivity index (χ2v) is 10.9. The number of aliphatic hydroxyl groups is 1. The number of aliphatic hydroxyl groups excluding tert-OH is 1. The number of furan rings is 1. The number of rotatable bonds is 10. The first-order valence-electron chi connectivity index (χ1n) is 14.4. The molecule has 1 aliphatic carbocycles. The molecule has 212 valence electrons. The topological polar surface area (TPSA) is 89.2 Å². The Labute approximate surface area is 240 Å². The van der Waals surface area contributed by atoms with E-state index >= 15 is 0 Å². The van der Waals surface area contributed by atoms with Gasteiger partial charge in [0.15, 0.2) is 0 Å². The minimum absolute atomic E-state index is 0.125. The molecular weight excluding hydrogens is 518 g/mol. The van der Waals surface area contributed by atoms with Crippen molar-refractivity contribution in [3.63, 3.8) is 0 Å². The normalized spacial score (nSPS) is 24.1. The fourth-order valence-corrected chi connectivity index (χ4v) is 6.55. The van der Waals surface area contributed by atoms with Crippen LogP contribution in [0.2, 0.25) is 0 Å². The molecule has 4 atom stereocenters. The molecule has 0 saturated carbocycles. The molecule has 2 aliphatic heterocycles. The summed E-state index contributed by atoms with van der Waals surface area (Å²) >= 11 is 0. The highest BCUT2D eigenvalue weighted by Gasteiger charge is 2.57. The predicted molar refractivity (Wildman–Crippen MR) is 155 cm³/mol. The first-order chi connectivity index (χ1) is 20.1. The number of benzene rings is 2. The maximum atomic E-state index is 13.8. The second kappa shape index (κ2) is 11.9. The van der Waals surface area contributed by atoms with Crippen LogP contribution in [0, 0.1) is 17.8 Å². The predicted octanol–water partition coefficient (Wildman–Crippen LogP) is 5.95. The third kappa shape index (κ3) is 5.39. The van der Waals surface area contributed by atoms with Gasteiger partial charge in [0.1, 0.15) is 30.5 Å². The maximum absolute atomic E-state index is 13.8. The monoisotopic (exact) mass is 553 g/mol. The van der Waals surface area contributed by atoms with Crippen molar-refractivity contribution < 1.29 is 28.6 Å². The Morgan fingerprint density at radius 3 is 2.46 bits per heavy atom. The van der Waals surface area contributed by atoms with Gasteiger partial charge in [-0.1, -0.05) is 48.9 Å². The summed E-state index contributed by atoms with van der Waals surface area (Å²) in [5.74, 6) is 0.775. The lowest BCUT2D eigenvalue weighted by Gasteiger charge is -2.31. The van der Waals surface area contributed by atoms with Gasteiger partial charge in [-0.2, -0.15) is 0 Å². The number of ether oxygens (including phenoxy) is 2. The molecule has 2 fully saturated rings. The summed E-state index contributed by atoms with van der Waals surface area (Å²) in [5.41, 5.74) is 4.04. The van der Waals surface area contributed by atoms with E-state index in [1.165, 1.54) is 10.5 Å². The van der Waals surface area contributed by atoms with Crippen molar-refractivity contribution in [3.8, 4) is 5.75 Å². The molecule has 2 saturated heterocycles. The van der Waals surface area contributed by atoms with Gasteiger partial charge >= 0.3 is 0 Å². The van der Waals surface area contributed by atoms with Crippen molar-refractivity contribution in [1.82, 2.24) is 0 Å². The van der Waals surface area contributed by atoms with Gasteiger partial charge in [-0.15, -0.1) is 0 Å². The molecule has 3 aromatic rings. The van der Waals surface area contributed by atoms with Crippen LogP contribution < -0.4 is 9.64 Å². The summed E-state index contributed by atoms with van der Waals surface area (Å²) in [6.45, 7) is 2.77. The number of allylic oxidation sites excluding steroid dienone is 1. The van der Waals surface area contributed by atoms with E-state index in [0.29, 0.717) is 31.1 Å². The molecule has 2 amide bonds. The van der Waals surface area contributed by atoms with E-state index in [4.69, 9.17) is 13.9 Å². The van der Waals surface area contributed by atoms with E-state index in [1.807, 2.05) is 72.8 Å². The van der Waals surface area contributed by atoms with Gasteiger partial charge in [-0.25, -0.2) is 0 Å². The molecule has 0 unspecified atom stereocenters. The third-order valence-corrected chi connectivity index (χ3v) is 8.55. The number of anilines is 1. The number of nitrogens with zero attached hydrogens (tertiary/aromatic N) is 1. The fourth-order valence-electron chi connectivity index (χ4n) is 6.55. The zero-order valence-corrected chi connectivity index (χ0v) is 23.2. The number of carbonyl (C=O) groups is 2. The number of hydrogen-bond donors (Lipinski definition) is 1. The van der Waals surface area contributed by atoms with E-state index in [9.17, 15) is 14.7 Å². The lowest BCUT2D eigenvalue weighted by molar-refractivity contribution is -0.122. The Kier molecular flexibility index (Phi) is 7.90. The Bertz CT molecular complexity index is 1460. The van der Waals surface area contributed by atoms with E-state index in [-0.39, 0.29) is 30.4 Å². The molecule has 0 bridgehead atoms. The Morgan fingerprint density at radius 2 is 1.76 bits per heavy atom. The summed E-state index contributed by atoms with van der Waals surface area (Å²) in [7, 11) is 0. The molecule has 7 nitrogen and oxygen atoms in total. The van der Waals surface area contributed by atoms with Crippen LogP contribution in [0.4, 0.5) is 5.69 Å². The Balaban J connectivity index is 1.27. The minimum atomic E-state index is -0.426. The number of carbonyl (C=O) groups excluding carboxylic acids is 2. The SMILES string of the molecule is CC/C(=C\c1ccc(CO)o1)CC[C@H]1OC[C@H]2C1=C(COc1ccccc1)C[C@H]1C(=O)N(c3ccccc3)C(=O)[C@H]12. The first-order valence-corrected chi connectivity index (χ1v) is 14.4. The molecule has 0 spiro atoms. The van der Waals surface area contributed by atoms with Gasteiger partial charge in [0.25, 0.3) is 0 Å². The zero-order chi connectivity index (χ0) is 28.3. The highest BCUT2D eigenvalue weighted by molar-refractivity contribution is 6.22. The standard InChI is InChI=1S/C34H35NO6/c1-2-22(17-26-14-15-27(19-36)41-26)13-16-30-31-23(20-39-25-11-7-4-8-12-25)18-28-32(29(31)21-40-30)34(38)35(33(28)37)24-9-5-3-6-10-24/h3-12,14-15,17,28-30,32,36H,2,13,16,18-21H2,1H3/b22-17+/t28-,29+,30-,32-/m1/s1. The number of hydrogen-bond acceptors (Lipinski definition) is 6. The van der Waals surface area contributed by atoms with Gasteiger partial charge in [-0.3, -0.25) is 14.5 Å². The van der Waals surface area contributed by atoms with Crippen LogP contribution in [0.25, 0.3) is 6.08 Å². The summed E-state index contributed by atoms with van der Waals surface area (Å²) in [4.78, 5) is 28.8. The van der Waals surface area contributed by atoms with Crippen molar-refractivity contribution in [2.75, 3.05) is 18.1 Å². The molecule has 0 radical (unpaired) electrons. The van der Waals surface area contributed by atoms with E-state index in [1.54, 1.807) is 6.07 Å². The number of imide groups is 1. The molecule has 2 aromatic carbocycles. The second-order valence-electron chi connectivity index (χ2n) is 10.9. The largest absolute Gasteiger partial charge is 0.489 e. The van der Waals surface area contributed by atoms with Crippen molar-refractivity contribution in [3.05, 3.63) is 101 Å². The van der Waals surface area contributed by atoms with Crippen LogP contribution in [0.5, 0.6) is 5.75 Å². The van der Waals surface area contributed by atoms with Gasteiger partial charge in [0.05, 0.1) is 30.2 Å². The van der Waals surface area contributed by atoms with Crippen molar-refractivity contribution in [1.29, 1.82) is 0 Å². The Morgan fingerprint density at radius 1 is 1.00 bits per heavy atom. The van der Waals surface area contributed by atoms with Gasteiger partial charge in [0.2, 0.25) is 11.8 Å². The lowest BCUT2D eigenvalue weighted by atomic mass is 9.69. The van der Waals surface area contributed by atoms with Crippen molar-refractivity contribution in [2.24, 2.45) is 17.8 Å². The van der Waals surface area contributed by atoms with E-state index in [0.717, 1.165) is 41.9 Å². The summed E-state index contributed by atoms with van der Waals surface area (Å²) in [6, 6.07) is 22.5. The van der Waals surface area contributed by atoms with Crippen molar-refractivity contribution in [2.45, 2.75) is 45.3 Å². The van der Waals surface area contributed by atoms with Crippen LogP contribution in [-0.4, -0.2) is 36.2 Å². The van der Waals surface area contributed by atoms with Gasteiger partial charge < -0.3 is 19.0 Å². The highest BCUT2D eigenvalue weighted by Crippen LogP contribution is 2.50. The van der Waals surface area contributed by atoms with Gasteiger partial charge in [0, 0.05) is 5.92 Å². The van der Waals surface area contributed by atoms with Crippen LogP contribution in [0.1, 0.15) is 44.1 Å². The molecule has 1 aromatic heterocycles. The maximum Gasteiger partial charge on any atom is 0.238 e. The summed E-state index contributed by atoms with van der Waals surface area (Å²) < 4.78 is 18.3. The average Bonchev–Trinajstić information content (AvgIpc) is 3.71. The molecule has 1 N–H and O–H groups in total. The molecule has 3 heterocycles.